The van der Waals surface area contributed by atoms with Crippen molar-refractivity contribution < 1.29 is 18.0 Å². The molecule has 0 aromatic heterocycles. The predicted molar refractivity (Wildman–Crippen MR) is 53.7 cm³/mol. The Morgan fingerprint density at radius 1 is 1.25 bits per heavy atom. The molecule has 88 valence electrons. The van der Waals surface area contributed by atoms with Crippen LogP contribution in [0.25, 0.3) is 0 Å². The highest BCUT2D eigenvalue weighted by Crippen LogP contribution is 2.18. The molecular formula is C11H12F3NO. The summed E-state index contributed by atoms with van der Waals surface area (Å²) in [7, 11) is 0. The molecule has 0 fully saturated rings. The Morgan fingerprint density at radius 3 is 2.31 bits per heavy atom. The Morgan fingerprint density at radius 2 is 1.81 bits per heavy atom. The second-order valence-corrected chi connectivity index (χ2v) is 3.55. The highest BCUT2D eigenvalue weighted by Gasteiger charge is 2.30. The average molecular weight is 231 g/mol. The summed E-state index contributed by atoms with van der Waals surface area (Å²) in [4.78, 5) is 10.9. The maximum atomic E-state index is 11.8. The van der Waals surface area contributed by atoms with Crippen LogP contribution in [0.5, 0.6) is 0 Å². The highest BCUT2D eigenvalue weighted by atomic mass is 19.4. The Labute approximate surface area is 91.5 Å². The van der Waals surface area contributed by atoms with Gasteiger partial charge in [0.05, 0.1) is 0 Å². The normalized spacial score (nSPS) is 11.2. The first kappa shape index (κ1) is 12.5. The molecule has 0 saturated carbocycles. The molecule has 0 aliphatic heterocycles. The van der Waals surface area contributed by atoms with Crippen molar-refractivity contribution in [3.63, 3.8) is 0 Å². The van der Waals surface area contributed by atoms with Gasteiger partial charge in [0.15, 0.2) is 0 Å². The molecule has 0 heterocycles. The van der Waals surface area contributed by atoms with Gasteiger partial charge in [0.25, 0.3) is 0 Å². The molecule has 1 aromatic rings. The van der Waals surface area contributed by atoms with Crippen LogP contribution in [0.1, 0.15) is 17.5 Å². The molecule has 1 aromatic carbocycles. The van der Waals surface area contributed by atoms with Gasteiger partial charge in [-0.15, -0.1) is 0 Å². The second kappa shape index (κ2) is 5.01. The van der Waals surface area contributed by atoms with Gasteiger partial charge < -0.3 is 5.32 Å². The summed E-state index contributed by atoms with van der Waals surface area (Å²) < 4.78 is 35.5. The molecule has 0 saturated heterocycles. The van der Waals surface area contributed by atoms with Crippen LogP contribution in [0.15, 0.2) is 24.3 Å². The van der Waals surface area contributed by atoms with E-state index in [1.165, 1.54) is 0 Å². The maximum Gasteiger partial charge on any atom is 0.397 e. The number of carbonyl (C=O) groups is 1. The molecule has 5 heteroatoms. The summed E-state index contributed by atoms with van der Waals surface area (Å²) >= 11 is 0. The lowest BCUT2D eigenvalue weighted by Crippen LogP contribution is -2.28. The lowest BCUT2D eigenvalue weighted by Gasteiger charge is -2.07. The zero-order valence-corrected chi connectivity index (χ0v) is 8.77. The van der Waals surface area contributed by atoms with E-state index in [1.807, 2.05) is 19.1 Å². The molecule has 1 amide bonds. The maximum absolute atomic E-state index is 11.8. The van der Waals surface area contributed by atoms with Gasteiger partial charge in [-0.3, -0.25) is 4.79 Å². The number of halogens is 3. The molecule has 1 rings (SSSR count). The monoisotopic (exact) mass is 231 g/mol. The van der Waals surface area contributed by atoms with Crippen molar-refractivity contribution in [2.24, 2.45) is 0 Å². The van der Waals surface area contributed by atoms with Gasteiger partial charge in [-0.05, 0) is 12.5 Å². The van der Waals surface area contributed by atoms with Crippen LogP contribution in [0.3, 0.4) is 0 Å². The van der Waals surface area contributed by atoms with Crippen molar-refractivity contribution in [3.8, 4) is 0 Å². The Hall–Kier alpha value is -1.52. The van der Waals surface area contributed by atoms with Crippen LogP contribution in [0, 0.1) is 6.92 Å². The van der Waals surface area contributed by atoms with E-state index >= 15 is 0 Å². The van der Waals surface area contributed by atoms with E-state index in [2.05, 4.69) is 5.32 Å². The molecular weight excluding hydrogens is 219 g/mol. The Bertz CT molecular complexity index is 356. The van der Waals surface area contributed by atoms with Crippen molar-refractivity contribution in [1.82, 2.24) is 5.32 Å². The van der Waals surface area contributed by atoms with Gasteiger partial charge in [-0.1, -0.05) is 29.8 Å². The Kier molecular flexibility index (Phi) is 3.93. The third-order valence-corrected chi connectivity index (χ3v) is 1.97. The van der Waals surface area contributed by atoms with Crippen molar-refractivity contribution in [3.05, 3.63) is 35.4 Å². The molecule has 0 aliphatic carbocycles. The SMILES string of the molecule is Cc1ccc(CNC(=O)CC(F)(F)F)cc1. The molecule has 0 unspecified atom stereocenters. The van der Waals surface area contributed by atoms with Crippen LogP contribution in [0.4, 0.5) is 13.2 Å². The summed E-state index contributed by atoms with van der Waals surface area (Å²) in [6.45, 7) is 2.03. The highest BCUT2D eigenvalue weighted by molar-refractivity contribution is 5.76. The number of benzene rings is 1. The van der Waals surface area contributed by atoms with E-state index < -0.39 is 18.5 Å². The summed E-state index contributed by atoms with van der Waals surface area (Å²) in [5.74, 6) is -1.01. The third kappa shape index (κ3) is 4.82. The third-order valence-electron chi connectivity index (χ3n) is 1.97. The fraction of sp³-hybridized carbons (Fsp3) is 0.364. The fourth-order valence-corrected chi connectivity index (χ4v) is 1.15. The number of rotatable bonds is 3. The molecule has 2 nitrogen and oxygen atoms in total. The molecule has 0 bridgehead atoms. The molecule has 0 aliphatic rings. The lowest BCUT2D eigenvalue weighted by molar-refractivity contribution is -0.153. The van der Waals surface area contributed by atoms with Crippen LogP contribution >= 0.6 is 0 Å². The smallest absolute Gasteiger partial charge is 0.352 e. The number of amides is 1. The summed E-state index contributed by atoms with van der Waals surface area (Å²) in [5.41, 5.74) is 1.84. The van der Waals surface area contributed by atoms with Gasteiger partial charge in [-0.25, -0.2) is 0 Å². The van der Waals surface area contributed by atoms with E-state index in [9.17, 15) is 18.0 Å². The summed E-state index contributed by atoms with van der Waals surface area (Å²) in [6, 6.07) is 7.21. The number of nitrogens with one attached hydrogen (secondary N) is 1. The van der Waals surface area contributed by atoms with Crippen LogP contribution < -0.4 is 5.32 Å². The second-order valence-electron chi connectivity index (χ2n) is 3.55. The van der Waals surface area contributed by atoms with E-state index in [4.69, 9.17) is 0 Å². The minimum Gasteiger partial charge on any atom is -0.352 e. The van der Waals surface area contributed by atoms with Crippen LogP contribution in [0.2, 0.25) is 0 Å². The van der Waals surface area contributed by atoms with Crippen LogP contribution in [-0.2, 0) is 11.3 Å². The van der Waals surface area contributed by atoms with Gasteiger partial charge in [0.2, 0.25) is 5.91 Å². The van der Waals surface area contributed by atoms with E-state index in [0.29, 0.717) is 0 Å². The number of alkyl halides is 3. The average Bonchev–Trinajstić information content (AvgIpc) is 2.14. The van der Waals surface area contributed by atoms with E-state index in [0.717, 1.165) is 11.1 Å². The van der Waals surface area contributed by atoms with Crippen molar-refractivity contribution in [2.75, 3.05) is 0 Å². The van der Waals surface area contributed by atoms with Crippen molar-refractivity contribution in [1.29, 1.82) is 0 Å². The molecule has 0 spiro atoms. The van der Waals surface area contributed by atoms with E-state index in [-0.39, 0.29) is 6.54 Å². The summed E-state index contributed by atoms with van der Waals surface area (Å²) in [6.07, 6.45) is -5.88. The molecule has 0 radical (unpaired) electrons. The van der Waals surface area contributed by atoms with E-state index in [1.54, 1.807) is 12.1 Å². The first-order valence-electron chi connectivity index (χ1n) is 4.76. The van der Waals surface area contributed by atoms with Crippen molar-refractivity contribution >= 4 is 5.91 Å². The molecule has 16 heavy (non-hydrogen) atoms. The van der Waals surface area contributed by atoms with Gasteiger partial charge in [0.1, 0.15) is 6.42 Å². The quantitative estimate of drug-likeness (QED) is 0.851. The number of carbonyl (C=O) groups excluding carboxylic acids is 1. The molecule has 0 atom stereocenters. The van der Waals surface area contributed by atoms with Gasteiger partial charge in [0, 0.05) is 6.54 Å². The number of hydrogen-bond donors (Lipinski definition) is 1. The number of hydrogen-bond acceptors (Lipinski definition) is 1. The van der Waals surface area contributed by atoms with Gasteiger partial charge >= 0.3 is 6.18 Å². The first-order valence-corrected chi connectivity index (χ1v) is 4.76. The minimum absolute atomic E-state index is 0.120. The topological polar surface area (TPSA) is 29.1 Å². The first-order chi connectivity index (χ1) is 7.37. The zero-order chi connectivity index (χ0) is 12.2. The zero-order valence-electron chi connectivity index (χ0n) is 8.77. The Balaban J connectivity index is 2.40. The fourth-order valence-electron chi connectivity index (χ4n) is 1.15. The van der Waals surface area contributed by atoms with Crippen molar-refractivity contribution in [2.45, 2.75) is 26.1 Å². The largest absolute Gasteiger partial charge is 0.397 e. The lowest BCUT2D eigenvalue weighted by atomic mass is 10.1. The number of aryl methyl sites for hydroxylation is 1. The standard InChI is InChI=1S/C11H12F3NO/c1-8-2-4-9(5-3-8)7-15-10(16)6-11(12,13)14/h2-5H,6-7H2,1H3,(H,15,16). The summed E-state index contributed by atoms with van der Waals surface area (Å²) in [5, 5.41) is 2.22. The minimum atomic E-state index is -4.45. The predicted octanol–water partition coefficient (Wildman–Crippen LogP) is 2.56. The molecule has 1 N–H and O–H groups in total. The van der Waals surface area contributed by atoms with Crippen LogP contribution in [-0.4, -0.2) is 12.1 Å². The van der Waals surface area contributed by atoms with Gasteiger partial charge in [-0.2, -0.15) is 13.2 Å².